The second-order valence-electron chi connectivity index (χ2n) is 11.8. The van der Waals surface area contributed by atoms with Crippen molar-refractivity contribution in [1.29, 1.82) is 0 Å². The second kappa shape index (κ2) is 14.6. The van der Waals surface area contributed by atoms with Crippen LogP contribution in [0.2, 0.25) is 0 Å². The van der Waals surface area contributed by atoms with Crippen LogP contribution in [0.25, 0.3) is 16.6 Å². The third kappa shape index (κ3) is 8.59. The van der Waals surface area contributed by atoms with E-state index in [1.54, 1.807) is 32.2 Å². The van der Waals surface area contributed by atoms with Crippen molar-refractivity contribution < 1.29 is 36.0 Å². The number of H-pyrrole nitrogens is 1. The molecule has 5 aromatic rings. The van der Waals surface area contributed by atoms with Crippen LogP contribution < -0.4 is 10.3 Å². The van der Waals surface area contributed by atoms with E-state index < -0.39 is 33.1 Å². The van der Waals surface area contributed by atoms with Crippen LogP contribution in [0.1, 0.15) is 45.6 Å². The maximum absolute atomic E-state index is 15.4. The highest BCUT2D eigenvalue weighted by Gasteiger charge is 2.21. The molecule has 3 heterocycles. The number of fused-ring (bicyclic) bond motifs is 1. The van der Waals surface area contributed by atoms with E-state index in [9.17, 15) is 22.4 Å². The summed E-state index contributed by atoms with van der Waals surface area (Å²) in [6.45, 7) is 4.90. The van der Waals surface area contributed by atoms with E-state index >= 15 is 4.39 Å². The molecule has 2 N–H and O–H groups in total. The summed E-state index contributed by atoms with van der Waals surface area (Å²) in [4.78, 5) is 26.8. The van der Waals surface area contributed by atoms with Crippen molar-refractivity contribution in [2.24, 2.45) is 5.92 Å². The van der Waals surface area contributed by atoms with Gasteiger partial charge >= 0.3 is 0 Å². The number of rotatable bonds is 8. The highest BCUT2D eigenvalue weighted by atomic mass is 32.2. The number of halogens is 2. The number of hydrogen-bond donors (Lipinski definition) is 2. The Morgan fingerprint density at radius 1 is 1.04 bits per heavy atom. The van der Waals surface area contributed by atoms with Gasteiger partial charge in [-0.05, 0) is 110 Å². The van der Waals surface area contributed by atoms with Crippen molar-refractivity contribution in [2.45, 2.75) is 39.5 Å². The minimum Gasteiger partial charge on any atom is -0.454 e. The number of nitrogens with zero attached hydrogens (tertiary/aromatic N) is 2. The average Bonchev–Trinajstić information content (AvgIpc) is 3.46. The number of Topliss-reactive ketones (excluding diaryl/α,β-unsaturated/α-hetero) is 1. The second-order valence-corrected chi connectivity index (χ2v) is 13.3. The normalized spacial score (nSPS) is 13.6. The third-order valence-electron chi connectivity index (χ3n) is 8.00. The number of carbonyl (C=O) groups excluding carboxylic acids is 1. The number of hydrogen-bond acceptors (Lipinski definition) is 7. The Kier molecular flexibility index (Phi) is 10.5. The van der Waals surface area contributed by atoms with Crippen molar-refractivity contribution in [3.63, 3.8) is 0 Å². The number of aryl methyl sites for hydroxylation is 2. The number of ketones is 1. The summed E-state index contributed by atoms with van der Waals surface area (Å²) in [5, 5.41) is 7.96. The van der Waals surface area contributed by atoms with Crippen LogP contribution >= 0.6 is 0 Å². The highest BCUT2D eigenvalue weighted by Crippen LogP contribution is 2.34. The number of benzene rings is 3. The standard InChI is InChI=1S/C34H31F2N3O4.CH4O3S/c1-20-13-21(2)39(27-6-4-26(35)5-7-27)34(41)33(20)30(40)16-23-3-8-31(28(36)15-23)43-32-18-25-19-37-38-29(25)17-24(32)14-22-9-11-42-12-10-22;1-5(2,3)4/h3-8,13,15,17-19,22H,9-12,14,16H2,1-2H3,(H,37,38);1H3,(H,2,3,4). The Labute approximate surface area is 276 Å². The molecule has 1 aliphatic heterocycles. The van der Waals surface area contributed by atoms with Crippen molar-refractivity contribution in [3.8, 4) is 17.2 Å². The summed E-state index contributed by atoms with van der Waals surface area (Å²) in [6, 6.07) is 15.5. The molecule has 0 bridgehead atoms. The maximum Gasteiger partial charge on any atom is 0.266 e. The van der Waals surface area contributed by atoms with E-state index in [0.717, 1.165) is 48.9 Å². The molecule has 1 aliphatic rings. The molecule has 2 aromatic heterocycles. The van der Waals surface area contributed by atoms with Gasteiger partial charge < -0.3 is 9.47 Å². The molecule has 3 aromatic carbocycles. The number of pyridine rings is 1. The Morgan fingerprint density at radius 2 is 1.73 bits per heavy atom. The lowest BCUT2D eigenvalue weighted by atomic mass is 9.91. The van der Waals surface area contributed by atoms with Crippen molar-refractivity contribution in [2.75, 3.05) is 19.5 Å². The summed E-state index contributed by atoms with van der Waals surface area (Å²) in [7, 11) is -3.67. The SMILES string of the molecule is CS(=O)(=O)O.Cc1cc(C)n(-c2ccc(F)cc2)c(=O)c1C(=O)Cc1ccc(Oc2cc3cn[nH]c3cc2CC2CCOCC2)c(F)c1. The molecule has 0 aliphatic carbocycles. The lowest BCUT2D eigenvalue weighted by molar-refractivity contribution is 0.0664. The van der Waals surface area contributed by atoms with Crippen LogP contribution in [0.15, 0.2) is 71.7 Å². The molecule has 0 spiro atoms. The lowest BCUT2D eigenvalue weighted by Gasteiger charge is -2.23. The number of carbonyl (C=O) groups is 1. The van der Waals surface area contributed by atoms with Crippen LogP contribution in [0.4, 0.5) is 8.78 Å². The largest absolute Gasteiger partial charge is 0.454 e. The molecule has 10 nitrogen and oxygen atoms in total. The number of ether oxygens (including phenoxy) is 2. The quantitative estimate of drug-likeness (QED) is 0.144. The van der Waals surface area contributed by atoms with Crippen LogP contribution in [0.5, 0.6) is 11.5 Å². The minimum absolute atomic E-state index is 0.0156. The molecule has 6 rings (SSSR count). The molecule has 252 valence electrons. The Morgan fingerprint density at radius 3 is 2.40 bits per heavy atom. The van der Waals surface area contributed by atoms with Crippen LogP contribution in [0, 0.1) is 31.4 Å². The number of aromatic nitrogens is 3. The molecule has 0 radical (unpaired) electrons. The summed E-state index contributed by atoms with van der Waals surface area (Å²) in [5.41, 5.74) is 3.36. The average molecular weight is 680 g/mol. The summed E-state index contributed by atoms with van der Waals surface area (Å²) >= 11 is 0. The van der Waals surface area contributed by atoms with E-state index in [0.29, 0.717) is 40.4 Å². The van der Waals surface area contributed by atoms with Gasteiger partial charge in [-0.1, -0.05) is 6.07 Å². The zero-order valence-corrected chi connectivity index (χ0v) is 27.4. The molecular formula is C35H35F2N3O7S. The molecule has 1 saturated heterocycles. The van der Waals surface area contributed by atoms with Gasteiger partial charge in [-0.25, -0.2) is 8.78 Å². The first-order chi connectivity index (χ1) is 22.8. The van der Waals surface area contributed by atoms with Gasteiger partial charge in [-0.2, -0.15) is 13.5 Å². The molecular weight excluding hydrogens is 644 g/mol. The van der Waals surface area contributed by atoms with E-state index in [1.165, 1.54) is 41.0 Å². The first-order valence-electron chi connectivity index (χ1n) is 15.2. The zero-order valence-electron chi connectivity index (χ0n) is 26.6. The van der Waals surface area contributed by atoms with E-state index in [4.69, 9.17) is 14.0 Å². The van der Waals surface area contributed by atoms with Gasteiger partial charge in [-0.3, -0.25) is 23.8 Å². The fourth-order valence-electron chi connectivity index (χ4n) is 5.80. The third-order valence-corrected chi connectivity index (χ3v) is 8.00. The fourth-order valence-corrected chi connectivity index (χ4v) is 5.80. The molecule has 0 unspecified atom stereocenters. The van der Waals surface area contributed by atoms with Gasteiger partial charge in [0.2, 0.25) is 0 Å². The topological polar surface area (TPSA) is 141 Å². The van der Waals surface area contributed by atoms with E-state index in [2.05, 4.69) is 10.2 Å². The predicted octanol–water partition coefficient (Wildman–Crippen LogP) is 6.30. The smallest absolute Gasteiger partial charge is 0.266 e. The summed E-state index contributed by atoms with van der Waals surface area (Å²) in [6.07, 6.45) is 4.92. The van der Waals surface area contributed by atoms with E-state index in [1.807, 2.05) is 12.1 Å². The first-order valence-corrected chi connectivity index (χ1v) is 17.1. The van der Waals surface area contributed by atoms with Crippen molar-refractivity contribution >= 4 is 26.8 Å². The minimum atomic E-state index is -3.67. The lowest BCUT2D eigenvalue weighted by Crippen LogP contribution is -2.29. The fraction of sp³-hybridized carbons (Fsp3) is 0.286. The predicted molar refractivity (Wildman–Crippen MR) is 177 cm³/mol. The summed E-state index contributed by atoms with van der Waals surface area (Å²) in [5.74, 6) is -0.441. The van der Waals surface area contributed by atoms with Crippen molar-refractivity contribution in [3.05, 3.63) is 117 Å². The monoisotopic (exact) mass is 679 g/mol. The molecule has 1 fully saturated rings. The van der Waals surface area contributed by atoms with Gasteiger partial charge in [0.15, 0.2) is 17.3 Å². The number of aromatic amines is 1. The van der Waals surface area contributed by atoms with Crippen LogP contribution in [-0.4, -0.2) is 53.0 Å². The Balaban J connectivity index is 0.000000840. The van der Waals surface area contributed by atoms with Gasteiger partial charge in [0.05, 0.1) is 23.5 Å². The van der Waals surface area contributed by atoms with E-state index in [-0.39, 0.29) is 17.7 Å². The van der Waals surface area contributed by atoms with Crippen molar-refractivity contribution in [1.82, 2.24) is 14.8 Å². The molecule has 48 heavy (non-hydrogen) atoms. The Bertz CT molecular complexity index is 2110. The van der Waals surface area contributed by atoms with Crippen LogP contribution in [0.3, 0.4) is 0 Å². The van der Waals surface area contributed by atoms with Gasteiger partial charge in [0.1, 0.15) is 11.6 Å². The maximum atomic E-state index is 15.4. The Hall–Kier alpha value is -4.72. The van der Waals surface area contributed by atoms with Crippen LogP contribution in [-0.2, 0) is 27.7 Å². The summed E-state index contributed by atoms with van der Waals surface area (Å²) < 4.78 is 67.7. The van der Waals surface area contributed by atoms with Gasteiger partial charge in [-0.15, -0.1) is 0 Å². The first kappa shape index (κ1) is 34.6. The number of nitrogens with one attached hydrogen (secondary N) is 1. The van der Waals surface area contributed by atoms with Gasteiger partial charge in [0, 0.05) is 36.4 Å². The molecule has 0 saturated carbocycles. The molecule has 13 heteroatoms. The molecule has 0 amide bonds. The zero-order chi connectivity index (χ0) is 34.6. The molecule has 0 atom stereocenters. The highest BCUT2D eigenvalue weighted by molar-refractivity contribution is 7.85. The van der Waals surface area contributed by atoms with Gasteiger partial charge in [0.25, 0.3) is 15.7 Å².